The van der Waals surface area contributed by atoms with E-state index in [9.17, 15) is 0 Å². The summed E-state index contributed by atoms with van der Waals surface area (Å²) < 4.78 is 5.98. The fourth-order valence-corrected chi connectivity index (χ4v) is 5.17. The first-order valence-electron chi connectivity index (χ1n) is 8.25. The van der Waals surface area contributed by atoms with E-state index >= 15 is 0 Å². The Bertz CT molecular complexity index is 601. The summed E-state index contributed by atoms with van der Waals surface area (Å²) in [5, 5.41) is 5.46. The number of nitrogens with zero attached hydrogens (tertiary/aromatic N) is 3. The molecule has 2 aromatic rings. The molecule has 0 aliphatic carbocycles. The van der Waals surface area contributed by atoms with Gasteiger partial charge >= 0.3 is 0 Å². The van der Waals surface area contributed by atoms with Gasteiger partial charge in [0.05, 0.1) is 19.8 Å². The normalized spacial score (nSPS) is 26.8. The minimum atomic E-state index is 0.297. The number of aromatic nitrogens is 1. The lowest BCUT2D eigenvalue weighted by molar-refractivity contribution is 0.0707. The highest BCUT2D eigenvalue weighted by Gasteiger charge is 2.41. The minimum absolute atomic E-state index is 0.297. The van der Waals surface area contributed by atoms with Crippen molar-refractivity contribution < 1.29 is 4.74 Å². The molecule has 0 unspecified atom stereocenters. The van der Waals surface area contributed by atoms with E-state index in [0.29, 0.717) is 5.41 Å². The van der Waals surface area contributed by atoms with Crippen LogP contribution in [0, 0.1) is 5.41 Å². The molecule has 2 aromatic heterocycles. The maximum Gasteiger partial charge on any atom is 0.107 e. The number of thiophene rings is 1. The first kappa shape index (κ1) is 15.7. The van der Waals surface area contributed by atoms with Gasteiger partial charge in [-0.25, -0.2) is 4.98 Å². The van der Waals surface area contributed by atoms with Crippen LogP contribution in [0.25, 0.3) is 0 Å². The molecule has 23 heavy (non-hydrogen) atoms. The number of ether oxygens (including phenoxy) is 1. The molecule has 0 saturated carbocycles. The van der Waals surface area contributed by atoms with E-state index in [1.807, 2.05) is 17.5 Å². The third-order valence-corrected chi connectivity index (χ3v) is 6.46. The van der Waals surface area contributed by atoms with E-state index in [1.54, 1.807) is 11.3 Å². The Labute approximate surface area is 145 Å². The average molecular weight is 350 g/mol. The van der Waals surface area contributed by atoms with Crippen LogP contribution in [0.3, 0.4) is 0 Å². The summed E-state index contributed by atoms with van der Waals surface area (Å²) in [7, 11) is 0. The van der Waals surface area contributed by atoms with Gasteiger partial charge in [-0.3, -0.25) is 9.80 Å². The summed E-state index contributed by atoms with van der Waals surface area (Å²) in [6, 6.07) is 4.39. The predicted octanol–water partition coefficient (Wildman–Crippen LogP) is 2.93. The van der Waals surface area contributed by atoms with Crippen molar-refractivity contribution >= 4 is 22.7 Å². The second kappa shape index (κ2) is 6.99. The largest absolute Gasteiger partial charge is 0.379 e. The third kappa shape index (κ3) is 3.83. The molecular formula is C17H23N3OS2. The Morgan fingerprint density at radius 1 is 1.13 bits per heavy atom. The molecular weight excluding hydrogens is 326 g/mol. The number of thiazole rings is 1. The average Bonchev–Trinajstić information content (AvgIpc) is 3.25. The Kier molecular flexibility index (Phi) is 4.78. The predicted molar refractivity (Wildman–Crippen MR) is 94.9 cm³/mol. The highest BCUT2D eigenvalue weighted by Crippen LogP contribution is 2.35. The van der Waals surface area contributed by atoms with Crippen LogP contribution in [0.1, 0.15) is 16.3 Å². The van der Waals surface area contributed by atoms with Gasteiger partial charge in [-0.05, 0) is 24.4 Å². The van der Waals surface area contributed by atoms with E-state index in [1.165, 1.54) is 22.9 Å². The molecule has 4 heterocycles. The molecule has 1 atom stereocenters. The molecule has 4 rings (SSSR count). The van der Waals surface area contributed by atoms with E-state index in [-0.39, 0.29) is 0 Å². The summed E-state index contributed by atoms with van der Waals surface area (Å²) in [6.07, 6.45) is 3.15. The Balaban J connectivity index is 1.40. The van der Waals surface area contributed by atoms with Crippen LogP contribution in [-0.2, 0) is 17.8 Å². The Morgan fingerprint density at radius 2 is 2.04 bits per heavy atom. The van der Waals surface area contributed by atoms with Crippen LogP contribution in [0.2, 0.25) is 0 Å². The lowest BCUT2D eigenvalue weighted by Crippen LogP contribution is -2.40. The SMILES string of the molecule is c1csc(CN2CC[C@@]3(COCCN(Cc4nccs4)C3)C2)c1. The number of likely N-dealkylation sites (tertiary alicyclic amines) is 1. The van der Waals surface area contributed by atoms with Gasteiger partial charge in [-0.2, -0.15) is 0 Å². The van der Waals surface area contributed by atoms with Crippen LogP contribution in [0.5, 0.6) is 0 Å². The van der Waals surface area contributed by atoms with Crippen molar-refractivity contribution in [2.45, 2.75) is 19.5 Å². The van der Waals surface area contributed by atoms with Crippen LogP contribution in [0.4, 0.5) is 0 Å². The maximum absolute atomic E-state index is 5.98. The fourth-order valence-electron chi connectivity index (χ4n) is 3.77. The molecule has 2 fully saturated rings. The number of hydrogen-bond acceptors (Lipinski definition) is 6. The van der Waals surface area contributed by atoms with Crippen molar-refractivity contribution in [2.75, 3.05) is 39.4 Å². The zero-order valence-electron chi connectivity index (χ0n) is 13.3. The smallest absolute Gasteiger partial charge is 0.107 e. The van der Waals surface area contributed by atoms with E-state index in [4.69, 9.17) is 4.74 Å². The summed E-state index contributed by atoms with van der Waals surface area (Å²) >= 11 is 3.62. The van der Waals surface area contributed by atoms with Crippen LogP contribution in [-0.4, -0.2) is 54.2 Å². The highest BCUT2D eigenvalue weighted by atomic mass is 32.1. The fraction of sp³-hybridized carbons (Fsp3) is 0.588. The molecule has 2 saturated heterocycles. The third-order valence-electron chi connectivity index (χ3n) is 4.84. The van der Waals surface area contributed by atoms with Crippen molar-refractivity contribution in [1.29, 1.82) is 0 Å². The lowest BCUT2D eigenvalue weighted by atomic mass is 9.87. The monoisotopic (exact) mass is 349 g/mol. The lowest BCUT2D eigenvalue weighted by Gasteiger charge is -2.31. The first-order chi connectivity index (χ1) is 11.3. The molecule has 2 aliphatic heterocycles. The standard InChI is InChI=1S/C17H23N3OS2/c1-2-15(22-8-1)10-19-5-3-17(12-19)13-20(6-7-21-14-17)11-16-18-4-9-23-16/h1-2,4,8-9H,3,5-7,10-14H2/t17-/m1/s1. The minimum Gasteiger partial charge on any atom is -0.379 e. The van der Waals surface area contributed by atoms with Crippen LogP contribution in [0.15, 0.2) is 29.1 Å². The van der Waals surface area contributed by atoms with E-state index < -0.39 is 0 Å². The molecule has 1 spiro atoms. The topological polar surface area (TPSA) is 28.6 Å². The Hall–Kier alpha value is -0.790. The van der Waals surface area contributed by atoms with Gasteiger partial charge in [0.25, 0.3) is 0 Å². The van der Waals surface area contributed by atoms with Gasteiger partial charge in [0, 0.05) is 48.0 Å². The van der Waals surface area contributed by atoms with Crippen molar-refractivity contribution in [1.82, 2.24) is 14.8 Å². The summed E-state index contributed by atoms with van der Waals surface area (Å²) in [4.78, 5) is 11.1. The molecule has 4 nitrogen and oxygen atoms in total. The molecule has 0 N–H and O–H groups in total. The van der Waals surface area contributed by atoms with Gasteiger partial charge in [-0.1, -0.05) is 6.07 Å². The van der Waals surface area contributed by atoms with Crippen molar-refractivity contribution in [2.24, 2.45) is 5.41 Å². The van der Waals surface area contributed by atoms with Gasteiger partial charge < -0.3 is 4.74 Å². The molecule has 2 aliphatic rings. The second-order valence-corrected chi connectivity index (χ2v) is 8.74. The molecule has 0 bridgehead atoms. The molecule has 0 radical (unpaired) electrons. The van der Waals surface area contributed by atoms with Crippen LogP contribution >= 0.6 is 22.7 Å². The quantitative estimate of drug-likeness (QED) is 0.849. The van der Waals surface area contributed by atoms with E-state index in [2.05, 4.69) is 37.7 Å². The first-order valence-corrected chi connectivity index (χ1v) is 10.0. The van der Waals surface area contributed by atoms with Gasteiger partial charge in [-0.15, -0.1) is 22.7 Å². The van der Waals surface area contributed by atoms with Gasteiger partial charge in [0.2, 0.25) is 0 Å². The second-order valence-electron chi connectivity index (χ2n) is 6.73. The number of hydrogen-bond donors (Lipinski definition) is 0. The highest BCUT2D eigenvalue weighted by molar-refractivity contribution is 7.10. The van der Waals surface area contributed by atoms with Crippen molar-refractivity contribution in [3.63, 3.8) is 0 Å². The zero-order chi connectivity index (χ0) is 15.5. The maximum atomic E-state index is 5.98. The molecule has 6 heteroatoms. The molecule has 124 valence electrons. The number of rotatable bonds is 4. The molecule has 0 amide bonds. The summed E-state index contributed by atoms with van der Waals surface area (Å²) in [6.45, 7) is 8.30. The summed E-state index contributed by atoms with van der Waals surface area (Å²) in [5.74, 6) is 0. The van der Waals surface area contributed by atoms with Crippen LogP contribution < -0.4 is 0 Å². The van der Waals surface area contributed by atoms with Gasteiger partial charge in [0.1, 0.15) is 5.01 Å². The Morgan fingerprint density at radius 3 is 2.83 bits per heavy atom. The van der Waals surface area contributed by atoms with E-state index in [0.717, 1.165) is 45.9 Å². The van der Waals surface area contributed by atoms with Gasteiger partial charge in [0.15, 0.2) is 0 Å². The zero-order valence-corrected chi connectivity index (χ0v) is 15.0. The van der Waals surface area contributed by atoms with Crippen molar-refractivity contribution in [3.05, 3.63) is 39.0 Å². The molecule has 0 aromatic carbocycles. The summed E-state index contributed by atoms with van der Waals surface area (Å²) in [5.41, 5.74) is 0.297. The van der Waals surface area contributed by atoms with Crippen molar-refractivity contribution in [3.8, 4) is 0 Å².